The molecule has 1 saturated heterocycles. The first-order valence-corrected chi connectivity index (χ1v) is 9.97. The van der Waals surface area contributed by atoms with E-state index in [-0.39, 0.29) is 29.3 Å². The predicted molar refractivity (Wildman–Crippen MR) is 111 cm³/mol. The van der Waals surface area contributed by atoms with Gasteiger partial charge in [-0.3, -0.25) is 19.4 Å². The molecule has 4 rings (SSSR count). The molecule has 0 aliphatic carbocycles. The Morgan fingerprint density at radius 2 is 2.14 bits per heavy atom. The minimum Gasteiger partial charge on any atom is -0.342 e. The minimum atomic E-state index is -0.884. The number of benzene rings is 1. The summed E-state index contributed by atoms with van der Waals surface area (Å²) in [4.78, 5) is 47.4. The zero-order valence-electron chi connectivity index (χ0n) is 16.6. The smallest absolute Gasteiger partial charge is 0.258 e. The van der Waals surface area contributed by atoms with Crippen molar-refractivity contribution in [3.8, 4) is 0 Å². The lowest BCUT2D eigenvalue weighted by Gasteiger charge is -2.32. The van der Waals surface area contributed by atoms with E-state index in [9.17, 15) is 14.4 Å². The van der Waals surface area contributed by atoms with Crippen LogP contribution in [0.15, 0.2) is 29.1 Å². The molecule has 0 radical (unpaired) electrons. The van der Waals surface area contributed by atoms with Crippen LogP contribution in [0, 0.1) is 12.8 Å². The van der Waals surface area contributed by atoms with E-state index in [0.29, 0.717) is 17.6 Å². The third-order valence-corrected chi connectivity index (χ3v) is 5.50. The molecule has 1 aromatic carbocycles. The second-order valence-electron chi connectivity index (χ2n) is 8.01. The van der Waals surface area contributed by atoms with Gasteiger partial charge in [0.1, 0.15) is 5.82 Å². The molecule has 8 heteroatoms. The quantitative estimate of drug-likeness (QED) is 0.740. The van der Waals surface area contributed by atoms with Gasteiger partial charge in [0, 0.05) is 25.2 Å². The van der Waals surface area contributed by atoms with Gasteiger partial charge in [0.05, 0.1) is 11.5 Å². The van der Waals surface area contributed by atoms with Gasteiger partial charge in [-0.05, 0) is 43.4 Å². The van der Waals surface area contributed by atoms with Crippen LogP contribution in [0.5, 0.6) is 0 Å². The lowest BCUT2D eigenvalue weighted by atomic mass is 9.92. The van der Waals surface area contributed by atoms with E-state index in [4.69, 9.17) is 0 Å². The number of anilines is 3. The fourth-order valence-corrected chi connectivity index (χ4v) is 4.07. The fourth-order valence-electron chi connectivity index (χ4n) is 4.07. The summed E-state index contributed by atoms with van der Waals surface area (Å²) in [6.07, 6.45) is 2.08. The van der Waals surface area contributed by atoms with Crippen molar-refractivity contribution >= 4 is 29.3 Å². The number of rotatable bonds is 3. The molecular weight excluding hydrogens is 370 g/mol. The Hall–Kier alpha value is -3.16. The van der Waals surface area contributed by atoms with Gasteiger partial charge in [0.15, 0.2) is 0 Å². The lowest BCUT2D eigenvalue weighted by molar-refractivity contribution is -0.123. The first-order chi connectivity index (χ1) is 13.9. The number of piperidine rings is 1. The van der Waals surface area contributed by atoms with Gasteiger partial charge in [0.25, 0.3) is 5.56 Å². The van der Waals surface area contributed by atoms with Crippen molar-refractivity contribution in [1.29, 1.82) is 0 Å². The van der Waals surface area contributed by atoms with Crippen LogP contribution in [-0.4, -0.2) is 34.9 Å². The third kappa shape index (κ3) is 4.01. The third-order valence-electron chi connectivity index (χ3n) is 5.50. The number of nitrogens with zero attached hydrogens (tertiary/aromatic N) is 2. The zero-order chi connectivity index (χ0) is 20.5. The molecular formula is C21H25N5O3. The number of hydrogen-bond donors (Lipinski definition) is 3. The second kappa shape index (κ2) is 7.69. The summed E-state index contributed by atoms with van der Waals surface area (Å²) in [6.45, 7) is 5.69. The van der Waals surface area contributed by atoms with E-state index in [2.05, 4.69) is 27.5 Å². The first-order valence-electron chi connectivity index (χ1n) is 9.97. The van der Waals surface area contributed by atoms with Crippen molar-refractivity contribution in [2.45, 2.75) is 39.0 Å². The molecule has 0 unspecified atom stereocenters. The molecule has 2 aromatic rings. The number of nitrogens with one attached hydrogen (secondary N) is 3. The van der Waals surface area contributed by atoms with Gasteiger partial charge < -0.3 is 15.5 Å². The van der Waals surface area contributed by atoms with Crippen molar-refractivity contribution < 1.29 is 9.59 Å². The number of amides is 2. The van der Waals surface area contributed by atoms with Crippen molar-refractivity contribution in [3.05, 3.63) is 45.7 Å². The number of aromatic amines is 1. The molecule has 2 aliphatic rings. The fraction of sp³-hybridized carbons (Fsp3) is 0.429. The maximum Gasteiger partial charge on any atom is 0.258 e. The highest BCUT2D eigenvalue weighted by Crippen LogP contribution is 2.31. The summed E-state index contributed by atoms with van der Waals surface area (Å²) in [6, 6.07) is 7.38. The van der Waals surface area contributed by atoms with Gasteiger partial charge in [0.2, 0.25) is 17.8 Å². The normalized spacial score (nSPS) is 21.3. The van der Waals surface area contributed by atoms with Crippen LogP contribution in [0.2, 0.25) is 0 Å². The van der Waals surface area contributed by atoms with E-state index in [1.165, 1.54) is 0 Å². The standard InChI is InChI=1S/C21H25N5O3/c1-12-5-3-7-14(9-12)22-19(28)15-10-16(27)23-18-17(15)20(29)25-21(24-18)26-8-4-6-13(2)11-26/h3,5,7,9,13,15H,4,6,8,10-11H2,1-2H3,(H,22,28)(H2,23,24,25,27,29)/t13-,15-/m0/s1. The van der Waals surface area contributed by atoms with Crippen molar-refractivity contribution in [2.75, 3.05) is 28.6 Å². The number of hydrogen-bond acceptors (Lipinski definition) is 5. The minimum absolute atomic E-state index is 0.0878. The van der Waals surface area contributed by atoms with Crippen LogP contribution in [0.4, 0.5) is 17.5 Å². The average Bonchev–Trinajstić information content (AvgIpc) is 2.67. The average molecular weight is 395 g/mol. The number of carbonyl (C=O) groups is 2. The molecule has 0 spiro atoms. The Balaban J connectivity index is 1.65. The summed E-state index contributed by atoms with van der Waals surface area (Å²) in [5.41, 5.74) is 1.46. The Kier molecular flexibility index (Phi) is 5.08. The summed E-state index contributed by atoms with van der Waals surface area (Å²) < 4.78 is 0. The largest absolute Gasteiger partial charge is 0.342 e. The Morgan fingerprint density at radius 3 is 2.90 bits per heavy atom. The lowest BCUT2D eigenvalue weighted by Crippen LogP contribution is -2.40. The number of fused-ring (bicyclic) bond motifs is 1. The van der Waals surface area contributed by atoms with Gasteiger partial charge in [-0.15, -0.1) is 0 Å². The molecule has 152 valence electrons. The number of aromatic nitrogens is 2. The molecule has 8 nitrogen and oxygen atoms in total. The maximum absolute atomic E-state index is 12.9. The Bertz CT molecular complexity index is 1020. The Morgan fingerprint density at radius 1 is 1.31 bits per heavy atom. The number of carbonyl (C=O) groups excluding carboxylic acids is 2. The molecule has 2 aliphatic heterocycles. The molecule has 3 N–H and O–H groups in total. The molecule has 1 aromatic heterocycles. The highest BCUT2D eigenvalue weighted by molar-refractivity contribution is 6.04. The zero-order valence-corrected chi connectivity index (χ0v) is 16.6. The molecule has 0 saturated carbocycles. The topological polar surface area (TPSA) is 107 Å². The summed E-state index contributed by atoms with van der Waals surface area (Å²) in [5, 5.41) is 5.49. The van der Waals surface area contributed by atoms with Gasteiger partial charge in [-0.25, -0.2) is 0 Å². The number of H-pyrrole nitrogens is 1. The highest BCUT2D eigenvalue weighted by atomic mass is 16.2. The van der Waals surface area contributed by atoms with Gasteiger partial charge >= 0.3 is 0 Å². The SMILES string of the molecule is Cc1cccc(NC(=O)[C@H]2CC(=O)Nc3nc(N4CCC[C@H](C)C4)[nH]c(=O)c32)c1. The van der Waals surface area contributed by atoms with Gasteiger partial charge in [-0.2, -0.15) is 4.98 Å². The first kappa shape index (κ1) is 19.2. The van der Waals surface area contributed by atoms with Crippen LogP contribution in [0.3, 0.4) is 0 Å². The van der Waals surface area contributed by atoms with Crippen LogP contribution < -0.4 is 21.1 Å². The van der Waals surface area contributed by atoms with E-state index >= 15 is 0 Å². The molecule has 1 fully saturated rings. The van der Waals surface area contributed by atoms with Crippen molar-refractivity contribution in [3.63, 3.8) is 0 Å². The monoisotopic (exact) mass is 395 g/mol. The van der Waals surface area contributed by atoms with Crippen molar-refractivity contribution in [1.82, 2.24) is 9.97 Å². The predicted octanol–water partition coefficient (Wildman–Crippen LogP) is 2.38. The molecule has 0 bridgehead atoms. The van der Waals surface area contributed by atoms with Crippen molar-refractivity contribution in [2.24, 2.45) is 5.92 Å². The second-order valence-corrected chi connectivity index (χ2v) is 8.01. The Labute approximate surface area is 168 Å². The molecule has 3 heterocycles. The number of aryl methyl sites for hydroxylation is 1. The maximum atomic E-state index is 12.9. The van der Waals surface area contributed by atoms with Gasteiger partial charge in [-0.1, -0.05) is 19.1 Å². The van der Waals surface area contributed by atoms with Crippen LogP contribution in [0.1, 0.15) is 43.2 Å². The summed E-state index contributed by atoms with van der Waals surface area (Å²) >= 11 is 0. The van der Waals surface area contributed by atoms with E-state index in [1.54, 1.807) is 6.07 Å². The van der Waals surface area contributed by atoms with E-state index in [0.717, 1.165) is 31.5 Å². The van der Waals surface area contributed by atoms with E-state index in [1.807, 2.05) is 30.0 Å². The molecule has 29 heavy (non-hydrogen) atoms. The summed E-state index contributed by atoms with van der Waals surface area (Å²) in [5.74, 6) is -0.461. The van der Waals surface area contributed by atoms with E-state index < -0.39 is 11.8 Å². The molecule has 2 atom stereocenters. The molecule has 2 amide bonds. The highest BCUT2D eigenvalue weighted by Gasteiger charge is 2.35. The van der Waals surface area contributed by atoms with Crippen LogP contribution in [-0.2, 0) is 9.59 Å². The van der Waals surface area contributed by atoms with Crippen LogP contribution in [0.25, 0.3) is 0 Å². The van der Waals surface area contributed by atoms with Crippen LogP contribution >= 0.6 is 0 Å². The summed E-state index contributed by atoms with van der Waals surface area (Å²) in [7, 11) is 0.